The van der Waals surface area contributed by atoms with Crippen LogP contribution in [0.2, 0.25) is 0 Å². The van der Waals surface area contributed by atoms with Gasteiger partial charge in [-0.1, -0.05) is 6.07 Å². The number of aromatic nitrogens is 1. The highest BCUT2D eigenvalue weighted by Gasteiger charge is 2.27. The zero-order chi connectivity index (χ0) is 17.2. The Morgan fingerprint density at radius 3 is 2.52 bits per heavy atom. The molecule has 0 saturated heterocycles. The molecule has 0 spiro atoms. The van der Waals surface area contributed by atoms with E-state index in [4.69, 9.17) is 4.74 Å². The maximum Gasteiger partial charge on any atom is 0.420 e. The van der Waals surface area contributed by atoms with Gasteiger partial charge in [-0.3, -0.25) is 0 Å². The van der Waals surface area contributed by atoms with Crippen molar-refractivity contribution in [2.75, 3.05) is 4.90 Å². The highest BCUT2D eigenvalue weighted by molar-refractivity contribution is 5.96. The van der Waals surface area contributed by atoms with Crippen LogP contribution in [-0.2, 0) is 4.74 Å². The molecule has 1 aromatic carbocycles. The van der Waals surface area contributed by atoms with Crippen molar-refractivity contribution in [3.63, 3.8) is 0 Å². The summed E-state index contributed by atoms with van der Waals surface area (Å²) in [5.74, 6) is 0.0108. The van der Waals surface area contributed by atoms with Crippen molar-refractivity contribution in [3.8, 4) is 0 Å². The standard InChI is InChI=1S/C18H21FN2O2/c1-12-9-10-20-16(11-12)21(17(22)23-18(3,4)5)15-8-6-7-14(19)13(15)2/h6-11H,1-5H3. The Balaban J connectivity index is 2.56. The van der Waals surface area contributed by atoms with E-state index in [2.05, 4.69) is 4.98 Å². The lowest BCUT2D eigenvalue weighted by molar-refractivity contribution is 0.0598. The van der Waals surface area contributed by atoms with Crippen LogP contribution in [0.5, 0.6) is 0 Å². The van der Waals surface area contributed by atoms with E-state index in [1.165, 1.54) is 11.0 Å². The summed E-state index contributed by atoms with van der Waals surface area (Å²) in [5, 5.41) is 0. The van der Waals surface area contributed by atoms with Crippen LogP contribution in [-0.4, -0.2) is 16.7 Å². The number of nitrogens with zero attached hydrogens (tertiary/aromatic N) is 2. The third-order valence-corrected chi connectivity index (χ3v) is 3.19. The molecule has 0 aliphatic carbocycles. The molecule has 23 heavy (non-hydrogen) atoms. The van der Waals surface area contributed by atoms with Gasteiger partial charge in [0, 0.05) is 11.8 Å². The Bertz CT molecular complexity index is 723. The molecule has 0 atom stereocenters. The summed E-state index contributed by atoms with van der Waals surface area (Å²) in [6.07, 6.45) is 1.01. The van der Waals surface area contributed by atoms with Crippen molar-refractivity contribution >= 4 is 17.6 Å². The molecule has 0 unspecified atom stereocenters. The predicted molar refractivity (Wildman–Crippen MR) is 88.5 cm³/mol. The summed E-state index contributed by atoms with van der Waals surface area (Å²) in [4.78, 5) is 18.2. The molecule has 0 aliphatic rings. The summed E-state index contributed by atoms with van der Waals surface area (Å²) >= 11 is 0. The van der Waals surface area contributed by atoms with Crippen LogP contribution < -0.4 is 4.90 Å². The van der Waals surface area contributed by atoms with Gasteiger partial charge in [0.25, 0.3) is 0 Å². The second kappa shape index (κ2) is 6.36. The van der Waals surface area contributed by atoms with E-state index in [1.54, 1.807) is 52.1 Å². The van der Waals surface area contributed by atoms with Crippen LogP contribution >= 0.6 is 0 Å². The summed E-state index contributed by atoms with van der Waals surface area (Å²) < 4.78 is 19.4. The fourth-order valence-electron chi connectivity index (χ4n) is 2.10. The molecule has 1 amide bonds. The number of hydrogen-bond donors (Lipinski definition) is 0. The van der Waals surface area contributed by atoms with Crippen LogP contribution in [0.1, 0.15) is 31.9 Å². The van der Waals surface area contributed by atoms with Crippen molar-refractivity contribution in [3.05, 3.63) is 53.5 Å². The largest absolute Gasteiger partial charge is 0.443 e. The second-order valence-corrected chi connectivity index (χ2v) is 6.39. The molecule has 2 aromatic rings. The minimum absolute atomic E-state index is 0.363. The van der Waals surface area contributed by atoms with E-state index in [0.29, 0.717) is 17.1 Å². The summed E-state index contributed by atoms with van der Waals surface area (Å²) in [6, 6.07) is 8.18. The molecule has 1 heterocycles. The van der Waals surface area contributed by atoms with Crippen LogP contribution in [0, 0.1) is 19.7 Å². The van der Waals surface area contributed by atoms with Gasteiger partial charge < -0.3 is 4.74 Å². The number of benzene rings is 1. The van der Waals surface area contributed by atoms with Crippen LogP contribution in [0.4, 0.5) is 20.7 Å². The minimum Gasteiger partial charge on any atom is -0.443 e. The number of aryl methyl sites for hydroxylation is 1. The molecule has 1 aromatic heterocycles. The third-order valence-electron chi connectivity index (χ3n) is 3.19. The van der Waals surface area contributed by atoms with Crippen molar-refractivity contribution < 1.29 is 13.9 Å². The predicted octanol–water partition coefficient (Wildman–Crippen LogP) is 4.91. The molecule has 0 fully saturated rings. The van der Waals surface area contributed by atoms with Gasteiger partial charge in [0.15, 0.2) is 0 Å². The molecule has 0 aliphatic heterocycles. The normalized spacial score (nSPS) is 11.2. The van der Waals surface area contributed by atoms with Gasteiger partial charge in [-0.2, -0.15) is 0 Å². The Labute approximate surface area is 135 Å². The average molecular weight is 316 g/mol. The summed E-state index contributed by atoms with van der Waals surface area (Å²) in [7, 11) is 0. The number of carbonyl (C=O) groups is 1. The first-order valence-electron chi connectivity index (χ1n) is 7.40. The van der Waals surface area contributed by atoms with E-state index >= 15 is 0 Å². The Kier molecular flexibility index (Phi) is 4.68. The monoisotopic (exact) mass is 316 g/mol. The number of ether oxygens (including phenoxy) is 1. The highest BCUT2D eigenvalue weighted by atomic mass is 19.1. The van der Waals surface area contributed by atoms with Gasteiger partial charge >= 0.3 is 6.09 Å². The number of amides is 1. The Morgan fingerprint density at radius 2 is 1.91 bits per heavy atom. The first kappa shape index (κ1) is 16.9. The lowest BCUT2D eigenvalue weighted by Gasteiger charge is -2.28. The van der Waals surface area contributed by atoms with E-state index in [-0.39, 0.29) is 5.82 Å². The van der Waals surface area contributed by atoms with Crippen LogP contribution in [0.3, 0.4) is 0 Å². The topological polar surface area (TPSA) is 42.4 Å². The Morgan fingerprint density at radius 1 is 1.22 bits per heavy atom. The third kappa shape index (κ3) is 4.06. The number of rotatable bonds is 2. The smallest absolute Gasteiger partial charge is 0.420 e. The highest BCUT2D eigenvalue weighted by Crippen LogP contribution is 2.30. The molecule has 5 heteroatoms. The van der Waals surface area contributed by atoms with Crippen molar-refractivity contribution in [1.29, 1.82) is 0 Å². The summed E-state index contributed by atoms with van der Waals surface area (Å²) in [5.41, 5.74) is 1.05. The van der Waals surface area contributed by atoms with Crippen LogP contribution in [0.25, 0.3) is 0 Å². The lowest BCUT2D eigenvalue weighted by Crippen LogP contribution is -2.34. The number of carbonyl (C=O) groups excluding carboxylic acids is 1. The summed E-state index contributed by atoms with van der Waals surface area (Å²) in [6.45, 7) is 8.87. The van der Waals surface area contributed by atoms with Crippen molar-refractivity contribution in [2.45, 2.75) is 40.2 Å². The molecular formula is C18H21FN2O2. The molecule has 2 rings (SSSR count). The van der Waals surface area contributed by atoms with Gasteiger partial charge in [-0.15, -0.1) is 0 Å². The van der Waals surface area contributed by atoms with Crippen LogP contribution in [0.15, 0.2) is 36.5 Å². The molecular weight excluding hydrogens is 295 g/mol. The molecule has 0 saturated carbocycles. The Hall–Kier alpha value is -2.43. The van der Waals surface area contributed by atoms with Crippen molar-refractivity contribution in [2.24, 2.45) is 0 Å². The number of pyridine rings is 1. The molecule has 0 radical (unpaired) electrons. The minimum atomic E-state index is -0.666. The quantitative estimate of drug-likeness (QED) is 0.790. The van der Waals surface area contributed by atoms with Gasteiger partial charge in [0.2, 0.25) is 0 Å². The zero-order valence-corrected chi connectivity index (χ0v) is 14.1. The molecule has 0 bridgehead atoms. The lowest BCUT2D eigenvalue weighted by atomic mass is 10.1. The van der Waals surface area contributed by atoms with Gasteiger partial charge in [0.1, 0.15) is 17.2 Å². The fourth-order valence-corrected chi connectivity index (χ4v) is 2.10. The number of anilines is 2. The van der Waals surface area contributed by atoms with E-state index in [9.17, 15) is 9.18 Å². The molecule has 122 valence electrons. The first-order chi connectivity index (χ1) is 10.7. The SMILES string of the molecule is Cc1ccnc(N(C(=O)OC(C)(C)C)c2cccc(F)c2C)c1. The zero-order valence-electron chi connectivity index (χ0n) is 14.1. The van der Waals surface area contributed by atoms with E-state index in [1.807, 2.05) is 13.0 Å². The van der Waals surface area contributed by atoms with Gasteiger partial charge in [0.05, 0.1) is 5.69 Å². The average Bonchev–Trinajstić information content (AvgIpc) is 2.42. The first-order valence-corrected chi connectivity index (χ1v) is 7.40. The molecule has 4 nitrogen and oxygen atoms in total. The number of halogens is 1. The van der Waals surface area contributed by atoms with E-state index < -0.39 is 11.7 Å². The van der Waals surface area contributed by atoms with Gasteiger partial charge in [-0.05, 0) is 64.4 Å². The second-order valence-electron chi connectivity index (χ2n) is 6.39. The fraction of sp³-hybridized carbons (Fsp3) is 0.333. The van der Waals surface area contributed by atoms with Gasteiger partial charge in [-0.25, -0.2) is 19.1 Å². The van der Waals surface area contributed by atoms with E-state index in [0.717, 1.165) is 5.56 Å². The maximum atomic E-state index is 13.9. The van der Waals surface area contributed by atoms with Crippen molar-refractivity contribution in [1.82, 2.24) is 4.98 Å². The maximum absolute atomic E-state index is 13.9. The number of hydrogen-bond acceptors (Lipinski definition) is 3. The molecule has 0 N–H and O–H groups in total.